The van der Waals surface area contributed by atoms with Crippen LogP contribution in [0.1, 0.15) is 92.9 Å². The first-order chi connectivity index (χ1) is 26.1. The number of rotatable bonds is 7. The van der Waals surface area contributed by atoms with Crippen molar-refractivity contribution < 1.29 is 74.8 Å². The number of carboxylic acids is 1. The van der Waals surface area contributed by atoms with Crippen LogP contribution >= 0.6 is 0 Å². The maximum atomic E-state index is 13.1. The average molecular weight is 799 g/mol. The van der Waals surface area contributed by atoms with Crippen molar-refractivity contribution in [2.24, 2.45) is 50.2 Å². The van der Waals surface area contributed by atoms with Crippen LogP contribution in [0, 0.1) is 50.2 Å². The van der Waals surface area contributed by atoms with Gasteiger partial charge in [0.25, 0.3) is 0 Å². The first-order valence-electron chi connectivity index (χ1n) is 20.6. The third-order valence-corrected chi connectivity index (χ3v) is 17.0. The molecule has 2 heterocycles. The minimum atomic E-state index is -1.74. The molecule has 0 bridgehead atoms. The number of aliphatic hydroxyl groups is 9. The molecule has 0 aromatic heterocycles. The number of hydrogen-bond acceptors (Lipinski definition) is 14. The number of hydrogen-bond donors (Lipinski definition) is 10. The van der Waals surface area contributed by atoms with Crippen LogP contribution in [0.15, 0.2) is 11.6 Å². The molecule has 7 aliphatic rings. The van der Waals surface area contributed by atoms with Crippen molar-refractivity contribution in [2.45, 2.75) is 167 Å². The van der Waals surface area contributed by atoms with Gasteiger partial charge >= 0.3 is 5.97 Å². The van der Waals surface area contributed by atoms with Crippen molar-refractivity contribution in [2.75, 3.05) is 19.8 Å². The molecule has 20 atom stereocenters. The fourth-order valence-electron chi connectivity index (χ4n) is 13.6. The van der Waals surface area contributed by atoms with E-state index >= 15 is 0 Å². The van der Waals surface area contributed by atoms with E-state index in [1.807, 2.05) is 6.92 Å². The molecule has 7 rings (SSSR count). The molecular formula is C41H66O15. The predicted molar refractivity (Wildman–Crippen MR) is 196 cm³/mol. The van der Waals surface area contributed by atoms with Crippen LogP contribution in [0.2, 0.25) is 0 Å². The molecule has 4 saturated carbocycles. The van der Waals surface area contributed by atoms with Crippen LogP contribution < -0.4 is 0 Å². The maximum Gasteiger partial charge on any atom is 0.312 e. The first-order valence-corrected chi connectivity index (χ1v) is 20.6. The lowest BCUT2D eigenvalue weighted by Gasteiger charge is -2.72. The topological polar surface area (TPSA) is 256 Å². The molecule has 56 heavy (non-hydrogen) atoms. The summed E-state index contributed by atoms with van der Waals surface area (Å²) < 4.78 is 23.4. The minimum Gasteiger partial charge on any atom is -0.481 e. The summed E-state index contributed by atoms with van der Waals surface area (Å²) in [4.78, 5) is 13.1. The molecule has 15 heteroatoms. The Labute approximate surface area is 328 Å². The van der Waals surface area contributed by atoms with E-state index in [0.29, 0.717) is 38.5 Å². The maximum absolute atomic E-state index is 13.1. The van der Waals surface area contributed by atoms with Crippen LogP contribution in [0.3, 0.4) is 0 Å². The van der Waals surface area contributed by atoms with Gasteiger partial charge in [-0.1, -0.05) is 53.2 Å². The summed E-state index contributed by atoms with van der Waals surface area (Å²) in [6.45, 7) is 11.4. The van der Waals surface area contributed by atoms with E-state index < -0.39 is 108 Å². The van der Waals surface area contributed by atoms with E-state index in [4.69, 9.17) is 18.9 Å². The van der Waals surface area contributed by atoms with Gasteiger partial charge in [-0.15, -0.1) is 0 Å². The summed E-state index contributed by atoms with van der Waals surface area (Å²) >= 11 is 0. The highest BCUT2D eigenvalue weighted by molar-refractivity contribution is 5.77. The minimum absolute atomic E-state index is 0.0101. The molecule has 10 N–H and O–H groups in total. The molecular weight excluding hydrogens is 732 g/mol. The molecule has 320 valence electrons. The van der Waals surface area contributed by atoms with Gasteiger partial charge in [-0.3, -0.25) is 4.79 Å². The van der Waals surface area contributed by atoms with Gasteiger partial charge in [0.1, 0.15) is 48.1 Å². The second-order valence-electron chi connectivity index (χ2n) is 20.3. The van der Waals surface area contributed by atoms with E-state index in [1.54, 1.807) is 0 Å². The Morgan fingerprint density at radius 1 is 0.804 bits per heavy atom. The van der Waals surface area contributed by atoms with Crippen LogP contribution in [-0.2, 0) is 23.7 Å². The molecule has 0 amide bonds. The Morgan fingerprint density at radius 2 is 1.50 bits per heavy atom. The van der Waals surface area contributed by atoms with Gasteiger partial charge in [0.2, 0.25) is 0 Å². The van der Waals surface area contributed by atoms with Gasteiger partial charge in [-0.05, 0) is 90.8 Å². The summed E-state index contributed by atoms with van der Waals surface area (Å²) in [6.07, 6.45) is -10.7. The number of ether oxygens (including phenoxy) is 4. The second kappa shape index (κ2) is 14.4. The Balaban J connectivity index is 1.17. The molecule has 6 fully saturated rings. The fourth-order valence-corrected chi connectivity index (χ4v) is 13.6. The quantitative estimate of drug-likeness (QED) is 0.124. The van der Waals surface area contributed by atoms with Gasteiger partial charge in [0.05, 0.1) is 38.1 Å². The van der Waals surface area contributed by atoms with Crippen LogP contribution in [0.25, 0.3) is 0 Å². The lowest BCUT2D eigenvalue weighted by molar-refractivity contribution is -0.369. The third kappa shape index (κ3) is 6.04. The lowest BCUT2D eigenvalue weighted by atomic mass is 9.33. The number of aliphatic hydroxyl groups excluding tert-OH is 9. The van der Waals surface area contributed by atoms with Gasteiger partial charge < -0.3 is 70.0 Å². The van der Waals surface area contributed by atoms with Crippen molar-refractivity contribution in [3.05, 3.63) is 11.6 Å². The number of allylic oxidation sites excluding steroid dienone is 2. The van der Waals surface area contributed by atoms with Crippen molar-refractivity contribution in [1.29, 1.82) is 0 Å². The summed E-state index contributed by atoms with van der Waals surface area (Å²) in [5.74, 6) is -1.45. The largest absolute Gasteiger partial charge is 0.481 e. The zero-order valence-electron chi connectivity index (χ0n) is 33.5. The van der Waals surface area contributed by atoms with E-state index in [-0.39, 0.29) is 48.2 Å². The number of aliphatic carboxylic acids is 1. The van der Waals surface area contributed by atoms with Gasteiger partial charge in [0, 0.05) is 5.41 Å². The Bertz CT molecular complexity index is 1520. The highest BCUT2D eigenvalue weighted by Gasteiger charge is 2.72. The molecule has 15 nitrogen and oxygen atoms in total. The summed E-state index contributed by atoms with van der Waals surface area (Å²) in [6, 6.07) is 0. The van der Waals surface area contributed by atoms with Gasteiger partial charge in [0.15, 0.2) is 12.6 Å². The SMILES string of the molecule is CC1(C)CC[C@]2(C(=O)O)[C@H](O)C[C@]3(C)C(=CC[C@@H]4[C@@]5(C)C[C@H](O)[C@H](O[C@@H]6O[C@H](CO)[C@@H](O)[C@H](O[C@@H]7OC[C@@H](O)[C@H](O)[C@H]7O)[C@H]6O)[C@@](C)(CO)[C@@H]5CC[C@]43C)[C@@H]2C1. The third-order valence-electron chi connectivity index (χ3n) is 17.0. The van der Waals surface area contributed by atoms with E-state index in [0.717, 1.165) is 12.0 Å². The van der Waals surface area contributed by atoms with Gasteiger partial charge in [-0.25, -0.2) is 0 Å². The molecule has 2 saturated heterocycles. The van der Waals surface area contributed by atoms with Gasteiger partial charge in [-0.2, -0.15) is 0 Å². The molecule has 5 aliphatic carbocycles. The molecule has 0 unspecified atom stereocenters. The lowest BCUT2D eigenvalue weighted by Crippen LogP contribution is -2.70. The molecule has 0 aromatic rings. The monoisotopic (exact) mass is 798 g/mol. The second-order valence-corrected chi connectivity index (χ2v) is 20.3. The Kier molecular flexibility index (Phi) is 11.0. The van der Waals surface area contributed by atoms with Crippen molar-refractivity contribution >= 4 is 5.97 Å². The predicted octanol–water partition coefficient (Wildman–Crippen LogP) is 0.435. The van der Waals surface area contributed by atoms with E-state index in [2.05, 4.69) is 40.7 Å². The van der Waals surface area contributed by atoms with Crippen LogP contribution in [0.4, 0.5) is 0 Å². The average Bonchev–Trinajstić information content (AvgIpc) is 3.12. The number of carbonyl (C=O) groups is 1. The Hall–Kier alpha value is -1.31. The zero-order valence-corrected chi connectivity index (χ0v) is 33.5. The van der Waals surface area contributed by atoms with Crippen LogP contribution in [-0.4, -0.2) is 150 Å². The molecule has 2 aliphatic heterocycles. The summed E-state index contributed by atoms with van der Waals surface area (Å²) in [5.41, 5.74) is -2.71. The summed E-state index contributed by atoms with van der Waals surface area (Å²) in [7, 11) is 0. The number of fused-ring (bicyclic) bond motifs is 7. The molecule has 0 spiro atoms. The zero-order chi connectivity index (χ0) is 41.1. The molecule has 0 radical (unpaired) electrons. The number of carboxylic acid groups (broad SMARTS) is 1. The molecule has 0 aromatic carbocycles. The van der Waals surface area contributed by atoms with E-state index in [9.17, 15) is 55.9 Å². The highest BCUT2D eigenvalue weighted by Crippen LogP contribution is 2.76. The standard InChI is InChI=1S/C41H66O15/c1-36(2)11-12-41(35(51)52)20(13-36)19-7-8-25-37(3)14-21(44)32(38(4,18-43)24(37)9-10-39(25,5)40(19,6)15-26(41)46)56-34-30(50)31(28(48)23(16-42)54-34)55-33-29(49)27(47)22(45)17-53-33/h7,20-34,42-50H,8-18H2,1-6H3,(H,51,52)/t20-,21-,22+,23+,24+,25+,26+,27-,28+,29+,30+,31-,32-,33-,34-,37-,38-,39+,40+,41+/m0/s1. The summed E-state index contributed by atoms with van der Waals surface area (Å²) in [5, 5.41) is 109. The van der Waals surface area contributed by atoms with Crippen molar-refractivity contribution in [3.8, 4) is 0 Å². The van der Waals surface area contributed by atoms with Crippen LogP contribution in [0.5, 0.6) is 0 Å². The first kappa shape index (κ1) is 42.8. The smallest absolute Gasteiger partial charge is 0.312 e. The normalized spacial score (nSPS) is 55.5. The fraction of sp³-hybridized carbons (Fsp3) is 0.927. The Morgan fingerprint density at radius 3 is 2.14 bits per heavy atom. The van der Waals surface area contributed by atoms with Crippen molar-refractivity contribution in [1.82, 2.24) is 0 Å². The highest BCUT2D eigenvalue weighted by atomic mass is 16.7. The van der Waals surface area contributed by atoms with E-state index in [1.165, 1.54) is 0 Å². The van der Waals surface area contributed by atoms with Crippen molar-refractivity contribution in [3.63, 3.8) is 0 Å².